The summed E-state index contributed by atoms with van der Waals surface area (Å²) in [5.41, 5.74) is 0. The number of piperidine rings is 1. The van der Waals surface area contributed by atoms with E-state index >= 15 is 0 Å². The number of carboxylic acids is 1. The molecule has 0 aliphatic carbocycles. The van der Waals surface area contributed by atoms with Crippen LogP contribution in [0, 0.1) is 5.92 Å². The number of hydrogen-bond donors (Lipinski definition) is 1. The summed E-state index contributed by atoms with van der Waals surface area (Å²) in [4.78, 5) is 13.2. The summed E-state index contributed by atoms with van der Waals surface area (Å²) >= 11 is 2.01. The first kappa shape index (κ1) is 14.8. The lowest BCUT2D eigenvalue weighted by Gasteiger charge is -2.30. The van der Waals surface area contributed by atoms with Crippen LogP contribution >= 0.6 is 11.8 Å². The molecule has 0 aromatic rings. The third kappa shape index (κ3) is 6.32. The third-order valence-electron chi connectivity index (χ3n) is 3.30. The highest BCUT2D eigenvalue weighted by molar-refractivity contribution is 7.99. The number of carbonyl (C=O) groups is 1. The molecule has 17 heavy (non-hydrogen) atoms. The van der Waals surface area contributed by atoms with Crippen LogP contribution in [-0.4, -0.2) is 47.1 Å². The molecule has 1 unspecified atom stereocenters. The van der Waals surface area contributed by atoms with Crippen LogP contribution in [0.25, 0.3) is 0 Å². The fourth-order valence-electron chi connectivity index (χ4n) is 2.21. The topological polar surface area (TPSA) is 40.5 Å². The summed E-state index contributed by atoms with van der Waals surface area (Å²) in [5, 5.41) is 8.99. The van der Waals surface area contributed by atoms with Crippen molar-refractivity contribution in [3.05, 3.63) is 0 Å². The zero-order valence-corrected chi connectivity index (χ0v) is 11.7. The van der Waals surface area contributed by atoms with Gasteiger partial charge in [-0.3, -0.25) is 4.79 Å². The number of rotatable bonds is 8. The minimum absolute atomic E-state index is 0.131. The minimum atomic E-state index is -0.620. The molecule has 1 fully saturated rings. The Bertz CT molecular complexity index is 223. The fourth-order valence-corrected chi connectivity index (χ4v) is 3.21. The van der Waals surface area contributed by atoms with Gasteiger partial charge in [-0.1, -0.05) is 19.8 Å². The van der Waals surface area contributed by atoms with E-state index < -0.39 is 5.97 Å². The van der Waals surface area contributed by atoms with Crippen LogP contribution in [0.1, 0.15) is 39.0 Å². The second kappa shape index (κ2) is 8.81. The highest BCUT2D eigenvalue weighted by atomic mass is 32.2. The van der Waals surface area contributed by atoms with E-state index in [1.165, 1.54) is 25.0 Å². The van der Waals surface area contributed by atoms with Gasteiger partial charge in [-0.2, -0.15) is 11.8 Å². The molecule has 1 saturated heterocycles. The number of carboxylic acid groups (broad SMARTS) is 1. The third-order valence-corrected chi connectivity index (χ3v) is 4.35. The van der Waals surface area contributed by atoms with Crippen LogP contribution in [0.5, 0.6) is 0 Å². The Morgan fingerprint density at radius 1 is 1.41 bits per heavy atom. The molecular weight excluding hydrogens is 234 g/mol. The molecule has 0 spiro atoms. The molecule has 0 amide bonds. The number of thioether (sulfide) groups is 1. The van der Waals surface area contributed by atoms with Gasteiger partial charge < -0.3 is 10.0 Å². The van der Waals surface area contributed by atoms with E-state index in [9.17, 15) is 4.79 Å². The van der Waals surface area contributed by atoms with Gasteiger partial charge in [0, 0.05) is 18.8 Å². The predicted octanol–water partition coefficient (Wildman–Crippen LogP) is 2.71. The van der Waals surface area contributed by atoms with Crippen molar-refractivity contribution in [3.8, 4) is 0 Å². The molecule has 0 aromatic heterocycles. The lowest BCUT2D eigenvalue weighted by molar-refractivity contribution is -0.143. The number of aliphatic carboxylic acids is 1. The van der Waals surface area contributed by atoms with Gasteiger partial charge in [0.2, 0.25) is 0 Å². The Morgan fingerprint density at radius 2 is 2.24 bits per heavy atom. The Morgan fingerprint density at radius 3 is 2.94 bits per heavy atom. The first-order valence-corrected chi connectivity index (χ1v) is 7.92. The Kier molecular flexibility index (Phi) is 7.69. The van der Waals surface area contributed by atoms with E-state index in [4.69, 9.17) is 5.11 Å². The summed E-state index contributed by atoms with van der Waals surface area (Å²) < 4.78 is 0. The number of nitrogens with zero attached hydrogens (tertiary/aromatic N) is 1. The number of hydrogen-bond acceptors (Lipinski definition) is 3. The van der Waals surface area contributed by atoms with Crippen LogP contribution in [0.3, 0.4) is 0 Å². The van der Waals surface area contributed by atoms with Crippen molar-refractivity contribution in [2.24, 2.45) is 5.92 Å². The van der Waals surface area contributed by atoms with Gasteiger partial charge in [-0.15, -0.1) is 0 Å². The maximum Gasteiger partial charge on any atom is 0.307 e. The van der Waals surface area contributed by atoms with Crippen LogP contribution < -0.4 is 0 Å². The van der Waals surface area contributed by atoms with Gasteiger partial charge in [0.15, 0.2) is 0 Å². The Balaban J connectivity index is 2.04. The molecule has 100 valence electrons. The normalized spacial score (nSPS) is 21.6. The lowest BCUT2D eigenvalue weighted by Crippen LogP contribution is -2.39. The van der Waals surface area contributed by atoms with Crippen molar-refractivity contribution >= 4 is 17.7 Å². The molecule has 4 heteroatoms. The highest BCUT2D eigenvalue weighted by Crippen LogP contribution is 2.17. The molecule has 1 N–H and O–H groups in total. The van der Waals surface area contributed by atoms with Crippen molar-refractivity contribution < 1.29 is 9.90 Å². The second-order valence-electron chi connectivity index (χ2n) is 4.80. The van der Waals surface area contributed by atoms with Crippen LogP contribution in [-0.2, 0) is 4.79 Å². The molecule has 1 rings (SSSR count). The van der Waals surface area contributed by atoms with Gasteiger partial charge >= 0.3 is 5.97 Å². The zero-order valence-electron chi connectivity index (χ0n) is 10.9. The molecule has 0 radical (unpaired) electrons. The maximum absolute atomic E-state index is 10.9. The molecule has 1 heterocycles. The predicted molar refractivity (Wildman–Crippen MR) is 73.6 cm³/mol. The van der Waals surface area contributed by atoms with E-state index in [0.29, 0.717) is 0 Å². The molecule has 3 nitrogen and oxygen atoms in total. The molecule has 1 atom stereocenters. The average molecular weight is 259 g/mol. The van der Waals surface area contributed by atoms with Crippen molar-refractivity contribution in [1.29, 1.82) is 0 Å². The summed E-state index contributed by atoms with van der Waals surface area (Å²) in [6, 6.07) is 0. The molecule has 0 saturated carbocycles. The maximum atomic E-state index is 10.9. The Hall–Kier alpha value is -0.220. The minimum Gasteiger partial charge on any atom is -0.481 e. The lowest BCUT2D eigenvalue weighted by atomic mass is 9.98. The SMILES string of the molecule is CCCCCSCCN1CCCC(C(=O)O)C1. The van der Waals surface area contributed by atoms with Gasteiger partial charge in [0.25, 0.3) is 0 Å². The first-order valence-electron chi connectivity index (χ1n) is 6.77. The summed E-state index contributed by atoms with van der Waals surface area (Å²) in [6.45, 7) is 5.12. The van der Waals surface area contributed by atoms with Crippen molar-refractivity contribution in [2.75, 3.05) is 31.1 Å². The van der Waals surface area contributed by atoms with E-state index in [2.05, 4.69) is 11.8 Å². The van der Waals surface area contributed by atoms with Crippen LogP contribution in [0.15, 0.2) is 0 Å². The monoisotopic (exact) mass is 259 g/mol. The van der Waals surface area contributed by atoms with E-state index in [-0.39, 0.29) is 5.92 Å². The number of unbranched alkanes of at least 4 members (excludes halogenated alkanes) is 2. The van der Waals surface area contributed by atoms with Gasteiger partial charge in [-0.25, -0.2) is 0 Å². The largest absolute Gasteiger partial charge is 0.481 e. The molecule has 1 aliphatic rings. The molecule has 0 bridgehead atoms. The number of likely N-dealkylation sites (tertiary alicyclic amines) is 1. The van der Waals surface area contributed by atoms with Gasteiger partial charge in [0.05, 0.1) is 5.92 Å². The standard InChI is InChI=1S/C13H25NO2S/c1-2-3-4-9-17-10-8-14-7-5-6-12(11-14)13(15)16/h12H,2-11H2,1H3,(H,15,16). The zero-order chi connectivity index (χ0) is 12.5. The first-order chi connectivity index (χ1) is 8.24. The van der Waals surface area contributed by atoms with Gasteiger partial charge in [0.1, 0.15) is 0 Å². The van der Waals surface area contributed by atoms with Gasteiger partial charge in [-0.05, 0) is 31.6 Å². The van der Waals surface area contributed by atoms with Crippen LogP contribution in [0.4, 0.5) is 0 Å². The molecule has 0 aromatic carbocycles. The summed E-state index contributed by atoms with van der Waals surface area (Å²) in [7, 11) is 0. The van der Waals surface area contributed by atoms with Crippen molar-refractivity contribution in [3.63, 3.8) is 0 Å². The smallest absolute Gasteiger partial charge is 0.307 e. The Labute approximate surface area is 109 Å². The molecular formula is C13H25NO2S. The van der Waals surface area contributed by atoms with E-state index in [1.54, 1.807) is 0 Å². The van der Waals surface area contributed by atoms with Crippen molar-refractivity contribution in [1.82, 2.24) is 4.90 Å². The average Bonchev–Trinajstić information content (AvgIpc) is 2.34. The van der Waals surface area contributed by atoms with E-state index in [0.717, 1.165) is 38.2 Å². The fraction of sp³-hybridized carbons (Fsp3) is 0.923. The van der Waals surface area contributed by atoms with E-state index in [1.807, 2.05) is 11.8 Å². The second-order valence-corrected chi connectivity index (χ2v) is 6.02. The highest BCUT2D eigenvalue weighted by Gasteiger charge is 2.24. The molecule has 1 aliphatic heterocycles. The van der Waals surface area contributed by atoms with Crippen LogP contribution in [0.2, 0.25) is 0 Å². The summed E-state index contributed by atoms with van der Waals surface area (Å²) in [5.74, 6) is 1.65. The quantitative estimate of drug-likeness (QED) is 0.680. The van der Waals surface area contributed by atoms with Crippen molar-refractivity contribution in [2.45, 2.75) is 39.0 Å². The summed E-state index contributed by atoms with van der Waals surface area (Å²) in [6.07, 6.45) is 5.83.